The van der Waals surface area contributed by atoms with Crippen molar-refractivity contribution in [2.75, 3.05) is 12.4 Å². The van der Waals surface area contributed by atoms with Gasteiger partial charge in [-0.1, -0.05) is 42.1 Å². The van der Waals surface area contributed by atoms with Gasteiger partial charge in [-0.3, -0.25) is 4.79 Å². The van der Waals surface area contributed by atoms with Crippen molar-refractivity contribution in [2.45, 2.75) is 5.16 Å². The Morgan fingerprint density at radius 3 is 2.74 bits per heavy atom. The highest BCUT2D eigenvalue weighted by Gasteiger charge is 2.12. The lowest BCUT2D eigenvalue weighted by Gasteiger charge is -2.05. The Hall–Kier alpha value is -2.10. The molecule has 0 radical (unpaired) electrons. The van der Waals surface area contributed by atoms with E-state index in [0.717, 1.165) is 5.56 Å². The Bertz CT molecular complexity index is 662. The first-order valence-electron chi connectivity index (χ1n) is 5.59. The standard InChI is InChI=1S/C13H11N3O2S/c14-8-10-11(9-4-2-1-3-5-9)15-13(16-12(10)18)19-7-6-17/h1-5,17H,6-7H2,(H,15,16,18). The van der Waals surface area contributed by atoms with Crippen LogP contribution in [0.5, 0.6) is 0 Å². The van der Waals surface area contributed by atoms with Crippen molar-refractivity contribution in [3.8, 4) is 17.3 Å². The van der Waals surface area contributed by atoms with Crippen LogP contribution in [0, 0.1) is 11.3 Å². The number of hydrogen-bond acceptors (Lipinski definition) is 5. The molecule has 0 bridgehead atoms. The zero-order valence-corrected chi connectivity index (χ0v) is 10.8. The fourth-order valence-electron chi connectivity index (χ4n) is 1.57. The molecule has 0 unspecified atom stereocenters. The van der Waals surface area contributed by atoms with E-state index in [0.29, 0.717) is 16.6 Å². The van der Waals surface area contributed by atoms with E-state index in [1.807, 2.05) is 24.3 Å². The van der Waals surface area contributed by atoms with Crippen LogP contribution in [0.2, 0.25) is 0 Å². The van der Waals surface area contributed by atoms with Crippen LogP contribution in [-0.4, -0.2) is 27.4 Å². The van der Waals surface area contributed by atoms with Crippen molar-refractivity contribution in [2.24, 2.45) is 0 Å². The van der Waals surface area contributed by atoms with Gasteiger partial charge in [0.25, 0.3) is 5.56 Å². The average molecular weight is 273 g/mol. The van der Waals surface area contributed by atoms with E-state index in [-0.39, 0.29) is 12.2 Å². The maximum absolute atomic E-state index is 11.8. The van der Waals surface area contributed by atoms with E-state index in [1.165, 1.54) is 11.8 Å². The first kappa shape index (κ1) is 13.3. The fourth-order valence-corrected chi connectivity index (χ4v) is 2.18. The van der Waals surface area contributed by atoms with Gasteiger partial charge < -0.3 is 10.1 Å². The Morgan fingerprint density at radius 1 is 1.37 bits per heavy atom. The monoisotopic (exact) mass is 273 g/mol. The summed E-state index contributed by atoms with van der Waals surface area (Å²) in [5.74, 6) is 0.434. The molecular formula is C13H11N3O2S. The van der Waals surface area contributed by atoms with E-state index < -0.39 is 5.56 Å². The molecule has 5 nitrogen and oxygen atoms in total. The van der Waals surface area contributed by atoms with E-state index in [4.69, 9.17) is 10.4 Å². The molecular weight excluding hydrogens is 262 g/mol. The second kappa shape index (κ2) is 6.18. The molecule has 0 aliphatic rings. The first-order chi connectivity index (χ1) is 9.26. The van der Waals surface area contributed by atoms with Gasteiger partial charge in [0.15, 0.2) is 5.16 Å². The highest BCUT2D eigenvalue weighted by molar-refractivity contribution is 7.99. The van der Waals surface area contributed by atoms with Crippen LogP contribution in [0.25, 0.3) is 11.3 Å². The minimum atomic E-state index is -0.461. The highest BCUT2D eigenvalue weighted by Crippen LogP contribution is 2.21. The lowest BCUT2D eigenvalue weighted by Crippen LogP contribution is -2.15. The molecule has 1 heterocycles. The number of thioether (sulfide) groups is 1. The SMILES string of the molecule is N#Cc1c(-c2ccccc2)nc(SCCO)[nH]c1=O. The zero-order valence-electron chi connectivity index (χ0n) is 9.96. The van der Waals surface area contributed by atoms with Crippen LogP contribution < -0.4 is 5.56 Å². The minimum absolute atomic E-state index is 0.000418. The van der Waals surface area contributed by atoms with Crippen molar-refractivity contribution < 1.29 is 5.11 Å². The molecule has 6 heteroatoms. The Morgan fingerprint density at radius 2 is 2.11 bits per heavy atom. The van der Waals surface area contributed by atoms with Crippen LogP contribution in [0.4, 0.5) is 0 Å². The van der Waals surface area contributed by atoms with Gasteiger partial charge in [-0.2, -0.15) is 5.26 Å². The maximum Gasteiger partial charge on any atom is 0.270 e. The van der Waals surface area contributed by atoms with Crippen LogP contribution in [0.1, 0.15) is 5.56 Å². The molecule has 19 heavy (non-hydrogen) atoms. The maximum atomic E-state index is 11.8. The van der Waals surface area contributed by atoms with E-state index in [2.05, 4.69) is 9.97 Å². The lowest BCUT2D eigenvalue weighted by molar-refractivity contribution is 0.322. The van der Waals surface area contributed by atoms with E-state index >= 15 is 0 Å². The smallest absolute Gasteiger partial charge is 0.270 e. The number of benzene rings is 1. The van der Waals surface area contributed by atoms with Crippen molar-refractivity contribution in [1.29, 1.82) is 5.26 Å². The van der Waals surface area contributed by atoms with Crippen LogP contribution in [0.3, 0.4) is 0 Å². The average Bonchev–Trinajstić information content (AvgIpc) is 2.45. The Kier molecular flexibility index (Phi) is 4.34. The number of aromatic nitrogens is 2. The topological polar surface area (TPSA) is 89.8 Å². The van der Waals surface area contributed by atoms with E-state index in [9.17, 15) is 4.79 Å². The molecule has 0 fully saturated rings. The minimum Gasteiger partial charge on any atom is -0.396 e. The summed E-state index contributed by atoms with van der Waals surface area (Å²) >= 11 is 1.24. The Labute approximate surface area is 113 Å². The number of aliphatic hydroxyl groups is 1. The van der Waals surface area contributed by atoms with Gasteiger partial charge in [0.2, 0.25) is 0 Å². The predicted molar refractivity (Wildman–Crippen MR) is 72.8 cm³/mol. The van der Waals surface area contributed by atoms with Crippen LogP contribution in [0.15, 0.2) is 40.3 Å². The Balaban J connectivity index is 2.55. The summed E-state index contributed by atoms with van der Waals surface area (Å²) in [6, 6.07) is 11.0. The number of aromatic amines is 1. The molecule has 0 saturated heterocycles. The van der Waals surface area contributed by atoms with Gasteiger partial charge in [-0.25, -0.2) is 4.98 Å². The van der Waals surface area contributed by atoms with Gasteiger partial charge in [0.05, 0.1) is 12.3 Å². The van der Waals surface area contributed by atoms with Gasteiger partial charge >= 0.3 is 0 Å². The molecule has 0 atom stereocenters. The number of nitriles is 1. The number of aliphatic hydroxyl groups excluding tert-OH is 1. The van der Waals surface area contributed by atoms with Gasteiger partial charge in [0.1, 0.15) is 11.6 Å². The number of nitrogens with one attached hydrogen (secondary N) is 1. The van der Waals surface area contributed by atoms with Gasteiger partial charge in [0, 0.05) is 11.3 Å². The summed E-state index contributed by atoms with van der Waals surface area (Å²) in [5, 5.41) is 18.3. The molecule has 2 N–H and O–H groups in total. The number of hydrogen-bond donors (Lipinski definition) is 2. The lowest BCUT2D eigenvalue weighted by atomic mass is 10.1. The summed E-state index contributed by atoms with van der Waals surface area (Å²) in [6.07, 6.45) is 0. The molecule has 2 rings (SSSR count). The van der Waals surface area contributed by atoms with Gasteiger partial charge in [-0.05, 0) is 0 Å². The summed E-state index contributed by atoms with van der Waals surface area (Å²) in [4.78, 5) is 18.7. The van der Waals surface area contributed by atoms with Gasteiger partial charge in [-0.15, -0.1) is 0 Å². The number of rotatable bonds is 4. The number of H-pyrrole nitrogens is 1. The highest BCUT2D eigenvalue weighted by atomic mass is 32.2. The molecule has 0 amide bonds. The zero-order chi connectivity index (χ0) is 13.7. The molecule has 1 aromatic carbocycles. The normalized spacial score (nSPS) is 10.1. The molecule has 0 aliphatic carbocycles. The fraction of sp³-hybridized carbons (Fsp3) is 0.154. The van der Waals surface area contributed by atoms with Crippen molar-refractivity contribution in [1.82, 2.24) is 9.97 Å². The summed E-state index contributed by atoms with van der Waals surface area (Å²) in [7, 11) is 0. The van der Waals surface area contributed by atoms with Crippen LogP contribution in [-0.2, 0) is 0 Å². The summed E-state index contributed by atoms with van der Waals surface area (Å²) in [6.45, 7) is -0.00491. The molecule has 0 spiro atoms. The molecule has 2 aromatic rings. The summed E-state index contributed by atoms with van der Waals surface area (Å²) in [5.41, 5.74) is 0.625. The first-order valence-corrected chi connectivity index (χ1v) is 6.58. The largest absolute Gasteiger partial charge is 0.396 e. The predicted octanol–water partition coefficient (Wildman–Crippen LogP) is 1.39. The van der Waals surface area contributed by atoms with Crippen molar-refractivity contribution >= 4 is 11.8 Å². The van der Waals surface area contributed by atoms with Crippen LogP contribution >= 0.6 is 11.8 Å². The molecule has 96 valence electrons. The second-order valence-corrected chi connectivity index (χ2v) is 4.73. The molecule has 1 aromatic heterocycles. The third-order valence-electron chi connectivity index (χ3n) is 2.39. The molecule has 0 saturated carbocycles. The summed E-state index contributed by atoms with van der Waals surface area (Å²) < 4.78 is 0. The molecule has 0 aliphatic heterocycles. The van der Waals surface area contributed by atoms with Crippen molar-refractivity contribution in [3.05, 3.63) is 46.2 Å². The van der Waals surface area contributed by atoms with Crippen molar-refractivity contribution in [3.63, 3.8) is 0 Å². The third-order valence-corrected chi connectivity index (χ3v) is 3.24. The number of nitrogens with zero attached hydrogens (tertiary/aromatic N) is 2. The second-order valence-electron chi connectivity index (χ2n) is 3.64. The quantitative estimate of drug-likeness (QED) is 0.649. The third kappa shape index (κ3) is 3.02. The van der Waals surface area contributed by atoms with E-state index in [1.54, 1.807) is 12.1 Å².